The second kappa shape index (κ2) is 7.54. The molecular formula is C21H23N3O2. The van der Waals surface area contributed by atoms with Gasteiger partial charge in [-0.2, -0.15) is 0 Å². The number of H-pyrrole nitrogens is 1. The van der Waals surface area contributed by atoms with Gasteiger partial charge in [0.1, 0.15) is 5.56 Å². The van der Waals surface area contributed by atoms with E-state index in [-0.39, 0.29) is 17.0 Å². The maximum Gasteiger partial charge on any atom is 0.261 e. The maximum absolute atomic E-state index is 12.7. The van der Waals surface area contributed by atoms with Crippen LogP contribution >= 0.6 is 0 Å². The molecule has 2 aromatic rings. The molecule has 1 aromatic heterocycles. The molecular weight excluding hydrogens is 326 g/mol. The molecule has 0 saturated heterocycles. The Balaban J connectivity index is 1.96. The molecule has 3 rings (SSSR count). The van der Waals surface area contributed by atoms with Crippen molar-refractivity contribution >= 4 is 23.7 Å². The Morgan fingerprint density at radius 3 is 2.96 bits per heavy atom. The zero-order valence-corrected chi connectivity index (χ0v) is 14.8. The highest BCUT2D eigenvalue weighted by Gasteiger charge is 2.18. The first-order valence-electron chi connectivity index (χ1n) is 8.75. The summed E-state index contributed by atoms with van der Waals surface area (Å²) < 4.78 is 0. The number of nitrogens with two attached hydrogens (primary N) is 1. The fraction of sp³-hybridized carbons (Fsp3) is 0.238. The first kappa shape index (κ1) is 17.9. The number of carbonyl (C=O) groups is 1. The number of amides is 1. The number of fused-ring (bicyclic) bond motifs is 1. The minimum Gasteiger partial charge on any atom is -0.360 e. The second-order valence-corrected chi connectivity index (χ2v) is 6.42. The Labute approximate surface area is 151 Å². The van der Waals surface area contributed by atoms with Crippen LogP contribution in [0, 0.1) is 0 Å². The highest BCUT2D eigenvalue weighted by molar-refractivity contribution is 6.04. The zero-order chi connectivity index (χ0) is 18.7. The number of aromatic amines is 1. The lowest BCUT2D eigenvalue weighted by atomic mass is 9.88. The van der Waals surface area contributed by atoms with Gasteiger partial charge < -0.3 is 16.0 Å². The largest absolute Gasteiger partial charge is 0.360 e. The van der Waals surface area contributed by atoms with Gasteiger partial charge in [0.05, 0.1) is 0 Å². The Hall–Kier alpha value is -2.92. The van der Waals surface area contributed by atoms with Crippen molar-refractivity contribution in [3.63, 3.8) is 0 Å². The second-order valence-electron chi connectivity index (χ2n) is 6.42. The van der Waals surface area contributed by atoms with Crippen LogP contribution in [0.3, 0.4) is 0 Å². The summed E-state index contributed by atoms with van der Waals surface area (Å²) in [6, 6.07) is 5.76. The maximum atomic E-state index is 12.7. The molecule has 4 N–H and O–H groups in total. The molecule has 1 aliphatic carbocycles. The first-order valence-corrected chi connectivity index (χ1v) is 8.75. The average molecular weight is 349 g/mol. The minimum absolute atomic E-state index is 0.00725. The van der Waals surface area contributed by atoms with Crippen molar-refractivity contribution in [3.8, 4) is 0 Å². The first-order chi connectivity index (χ1) is 12.5. The molecule has 1 heterocycles. The standard InChI is InChI=1S/C21H23N3O2/c1-3-6-15-19(4-2)23-12-17(20(15)25)21(26)24-14-10-9-13-7-5-8-18(22)16(13)11-14/h3-4,6,9-12,18,23H,1,5,7-8,22H2,2H3,(H,24,26)/b15-6+,19-4+. The molecule has 0 aliphatic heterocycles. The van der Waals surface area contributed by atoms with Gasteiger partial charge in [0.15, 0.2) is 0 Å². The normalized spacial score (nSPS) is 17.7. The fourth-order valence-corrected chi connectivity index (χ4v) is 3.36. The molecule has 1 atom stereocenters. The van der Waals surface area contributed by atoms with E-state index in [0.29, 0.717) is 16.3 Å². The predicted octanol–water partition coefficient (Wildman–Crippen LogP) is 1.73. The van der Waals surface area contributed by atoms with Crippen LogP contribution in [0.1, 0.15) is 47.3 Å². The molecule has 0 bridgehead atoms. The summed E-state index contributed by atoms with van der Waals surface area (Å²) in [5.74, 6) is -0.447. The summed E-state index contributed by atoms with van der Waals surface area (Å²) in [7, 11) is 0. The molecule has 1 aliphatic rings. The molecule has 134 valence electrons. The Bertz CT molecular complexity index is 1030. The number of allylic oxidation sites excluding steroid dienone is 1. The van der Waals surface area contributed by atoms with Crippen LogP contribution in [-0.2, 0) is 6.42 Å². The number of nitrogens with one attached hydrogen (secondary N) is 2. The Morgan fingerprint density at radius 1 is 1.42 bits per heavy atom. The Morgan fingerprint density at radius 2 is 2.23 bits per heavy atom. The van der Waals surface area contributed by atoms with E-state index in [4.69, 9.17) is 5.73 Å². The van der Waals surface area contributed by atoms with Crippen LogP contribution < -0.4 is 27.0 Å². The van der Waals surface area contributed by atoms with Gasteiger partial charge in [-0.1, -0.05) is 24.8 Å². The summed E-state index contributed by atoms with van der Waals surface area (Å²) in [5.41, 5.74) is 8.85. The predicted molar refractivity (Wildman–Crippen MR) is 105 cm³/mol. The van der Waals surface area contributed by atoms with Crippen molar-refractivity contribution in [3.05, 3.63) is 74.5 Å². The monoisotopic (exact) mass is 349 g/mol. The van der Waals surface area contributed by atoms with Gasteiger partial charge in [0.25, 0.3) is 5.91 Å². The van der Waals surface area contributed by atoms with Gasteiger partial charge in [-0.05, 0) is 55.5 Å². The van der Waals surface area contributed by atoms with Crippen LogP contribution in [0.4, 0.5) is 5.69 Å². The van der Waals surface area contributed by atoms with Crippen molar-refractivity contribution in [1.29, 1.82) is 0 Å². The number of aryl methyl sites for hydroxylation is 1. The van der Waals surface area contributed by atoms with Crippen LogP contribution in [0.5, 0.6) is 0 Å². The zero-order valence-electron chi connectivity index (χ0n) is 14.8. The van der Waals surface area contributed by atoms with E-state index in [1.165, 1.54) is 17.8 Å². The van der Waals surface area contributed by atoms with E-state index in [1.54, 1.807) is 12.2 Å². The highest BCUT2D eigenvalue weighted by atomic mass is 16.2. The van der Waals surface area contributed by atoms with Crippen molar-refractivity contribution in [1.82, 2.24) is 4.98 Å². The van der Waals surface area contributed by atoms with Crippen molar-refractivity contribution in [2.24, 2.45) is 5.73 Å². The van der Waals surface area contributed by atoms with E-state index >= 15 is 0 Å². The SMILES string of the molecule is C=C/C=c1/c(=O)c(C(=O)Nc2ccc3c(c2)C(N)CCC3)c[nH]/c1=C/C. The van der Waals surface area contributed by atoms with Gasteiger partial charge in [-0.15, -0.1) is 0 Å². The lowest BCUT2D eigenvalue weighted by molar-refractivity contribution is 0.102. The van der Waals surface area contributed by atoms with Gasteiger partial charge >= 0.3 is 0 Å². The van der Waals surface area contributed by atoms with E-state index in [2.05, 4.69) is 16.9 Å². The van der Waals surface area contributed by atoms with Gasteiger partial charge in [0.2, 0.25) is 5.43 Å². The molecule has 0 radical (unpaired) electrons. The smallest absolute Gasteiger partial charge is 0.261 e. The summed E-state index contributed by atoms with van der Waals surface area (Å²) in [6.07, 6.45) is 9.39. The highest BCUT2D eigenvalue weighted by Crippen LogP contribution is 2.30. The number of anilines is 1. The molecule has 1 aromatic carbocycles. The van der Waals surface area contributed by atoms with E-state index in [0.717, 1.165) is 24.8 Å². The summed E-state index contributed by atoms with van der Waals surface area (Å²) >= 11 is 0. The number of hydrogen-bond acceptors (Lipinski definition) is 3. The van der Waals surface area contributed by atoms with Gasteiger partial charge in [0, 0.05) is 28.5 Å². The van der Waals surface area contributed by atoms with Crippen LogP contribution in [0.15, 0.2) is 41.8 Å². The lowest BCUT2D eigenvalue weighted by Crippen LogP contribution is -2.44. The molecule has 1 unspecified atom stereocenters. The number of rotatable bonds is 3. The minimum atomic E-state index is -0.447. The Kier molecular flexibility index (Phi) is 5.19. The quantitative estimate of drug-likeness (QED) is 0.788. The number of hydrogen-bond donors (Lipinski definition) is 3. The molecule has 0 spiro atoms. The van der Waals surface area contributed by atoms with E-state index in [1.807, 2.05) is 25.1 Å². The van der Waals surface area contributed by atoms with Gasteiger partial charge in [-0.3, -0.25) is 9.59 Å². The van der Waals surface area contributed by atoms with Gasteiger partial charge in [-0.25, -0.2) is 0 Å². The van der Waals surface area contributed by atoms with Crippen molar-refractivity contribution in [2.45, 2.75) is 32.2 Å². The third-order valence-corrected chi connectivity index (χ3v) is 4.73. The summed E-state index contributed by atoms with van der Waals surface area (Å²) in [5, 5.41) is 3.89. The molecule has 1 amide bonds. The van der Waals surface area contributed by atoms with E-state index in [9.17, 15) is 9.59 Å². The number of carbonyl (C=O) groups excluding carboxylic acids is 1. The molecule has 0 fully saturated rings. The fourth-order valence-electron chi connectivity index (χ4n) is 3.36. The summed E-state index contributed by atoms with van der Waals surface area (Å²) in [6.45, 7) is 5.45. The number of benzene rings is 1. The number of aromatic nitrogens is 1. The van der Waals surface area contributed by atoms with Crippen molar-refractivity contribution < 1.29 is 4.79 Å². The third kappa shape index (κ3) is 3.39. The molecule has 5 nitrogen and oxygen atoms in total. The third-order valence-electron chi connectivity index (χ3n) is 4.73. The molecule has 5 heteroatoms. The van der Waals surface area contributed by atoms with Crippen LogP contribution in [-0.4, -0.2) is 10.9 Å². The average Bonchev–Trinajstić information content (AvgIpc) is 2.64. The van der Waals surface area contributed by atoms with Crippen LogP contribution in [0.25, 0.3) is 12.2 Å². The topological polar surface area (TPSA) is 88.0 Å². The van der Waals surface area contributed by atoms with Crippen LogP contribution in [0.2, 0.25) is 0 Å². The molecule has 0 saturated carbocycles. The molecule has 26 heavy (non-hydrogen) atoms. The van der Waals surface area contributed by atoms with E-state index < -0.39 is 5.91 Å². The lowest BCUT2D eigenvalue weighted by Gasteiger charge is -2.22. The summed E-state index contributed by atoms with van der Waals surface area (Å²) in [4.78, 5) is 28.3. The number of pyridine rings is 1. The van der Waals surface area contributed by atoms with Crippen molar-refractivity contribution in [2.75, 3.05) is 5.32 Å².